The number of likely N-dealkylation sites (N-methyl/N-ethyl adjacent to an activating group) is 1. The Balaban J connectivity index is 1.65. The summed E-state index contributed by atoms with van der Waals surface area (Å²) in [5.41, 5.74) is 2.11. The molecule has 0 radical (unpaired) electrons. The fourth-order valence-electron chi connectivity index (χ4n) is 2.93. The quantitative estimate of drug-likeness (QED) is 0.555. The lowest BCUT2D eigenvalue weighted by molar-refractivity contribution is 0.0940. The monoisotopic (exact) mass is 455 g/mol. The number of hydrogen-bond acceptors (Lipinski definition) is 4. The first kappa shape index (κ1) is 20.8. The van der Waals surface area contributed by atoms with Crippen LogP contribution in [0.5, 0.6) is 0 Å². The number of carbonyl (C=O) groups excluding carboxylic acids is 2. The lowest BCUT2D eigenvalue weighted by Gasteiger charge is -2.25. The minimum Gasteiger partial charge on any atom is -0.444 e. The van der Waals surface area contributed by atoms with Crippen LogP contribution in [0.3, 0.4) is 0 Å². The van der Waals surface area contributed by atoms with Crippen molar-refractivity contribution in [3.05, 3.63) is 88.3 Å². The molecule has 0 aliphatic heterocycles. The molecular weight excluding hydrogens is 434 g/mol. The van der Waals surface area contributed by atoms with Crippen LogP contribution in [0.25, 0.3) is 0 Å². The van der Waals surface area contributed by atoms with Gasteiger partial charge in [0.25, 0.3) is 11.8 Å². The standard InChI is InChI=1S/C22H22BrN3O3/c1-26(2)18(15-7-4-3-5-8-15)14-24-21(27)16-9-6-10-17(13-16)25-22(28)19-11-12-20(23)29-19/h3-13,18H,14H2,1-2H3,(H,24,27)(H,25,28). The van der Waals surface area contributed by atoms with E-state index in [0.29, 0.717) is 22.5 Å². The molecule has 150 valence electrons. The van der Waals surface area contributed by atoms with Crippen LogP contribution >= 0.6 is 15.9 Å². The van der Waals surface area contributed by atoms with Crippen molar-refractivity contribution in [2.24, 2.45) is 0 Å². The van der Waals surface area contributed by atoms with Gasteiger partial charge >= 0.3 is 0 Å². The SMILES string of the molecule is CN(C)C(CNC(=O)c1cccc(NC(=O)c2ccc(Br)o2)c1)c1ccccc1. The van der Waals surface area contributed by atoms with E-state index >= 15 is 0 Å². The van der Waals surface area contributed by atoms with Crippen LogP contribution in [0.2, 0.25) is 0 Å². The van der Waals surface area contributed by atoms with E-state index in [2.05, 4.69) is 31.5 Å². The number of furan rings is 1. The summed E-state index contributed by atoms with van der Waals surface area (Å²) in [5.74, 6) is -0.405. The third-order valence-electron chi connectivity index (χ3n) is 4.44. The molecule has 0 aliphatic carbocycles. The molecule has 0 spiro atoms. The molecule has 0 bridgehead atoms. The zero-order valence-corrected chi connectivity index (χ0v) is 17.8. The lowest BCUT2D eigenvalue weighted by Crippen LogP contribution is -2.34. The third-order valence-corrected chi connectivity index (χ3v) is 4.87. The lowest BCUT2D eigenvalue weighted by atomic mass is 10.1. The van der Waals surface area contributed by atoms with Crippen LogP contribution in [0.15, 0.2) is 75.8 Å². The van der Waals surface area contributed by atoms with E-state index in [1.807, 2.05) is 44.4 Å². The van der Waals surface area contributed by atoms with Crippen LogP contribution in [-0.4, -0.2) is 37.4 Å². The maximum Gasteiger partial charge on any atom is 0.291 e. The van der Waals surface area contributed by atoms with Crippen LogP contribution in [0.4, 0.5) is 5.69 Å². The smallest absolute Gasteiger partial charge is 0.291 e. The van der Waals surface area contributed by atoms with E-state index in [4.69, 9.17) is 4.42 Å². The summed E-state index contributed by atoms with van der Waals surface area (Å²) in [6, 6.07) is 20.1. The molecule has 1 aromatic heterocycles. The molecule has 0 fully saturated rings. The number of halogens is 1. The minimum atomic E-state index is -0.384. The number of carbonyl (C=O) groups is 2. The van der Waals surface area contributed by atoms with Crippen LogP contribution in [-0.2, 0) is 0 Å². The van der Waals surface area contributed by atoms with Gasteiger partial charge in [-0.25, -0.2) is 0 Å². The van der Waals surface area contributed by atoms with Gasteiger partial charge in [-0.05, 0) is 65.9 Å². The Kier molecular flexibility index (Phi) is 6.85. The molecule has 0 saturated carbocycles. The summed E-state index contributed by atoms with van der Waals surface area (Å²) >= 11 is 3.17. The van der Waals surface area contributed by atoms with Gasteiger partial charge in [0.2, 0.25) is 0 Å². The first-order valence-electron chi connectivity index (χ1n) is 9.10. The molecule has 3 aromatic rings. The number of anilines is 1. The predicted octanol–water partition coefficient (Wildman–Crippen LogP) is 4.33. The number of benzene rings is 2. The van der Waals surface area contributed by atoms with Gasteiger partial charge in [-0.2, -0.15) is 0 Å². The molecule has 1 heterocycles. The normalized spacial score (nSPS) is 11.9. The number of nitrogens with zero attached hydrogens (tertiary/aromatic N) is 1. The molecule has 3 rings (SSSR count). The van der Waals surface area contributed by atoms with Crippen molar-refractivity contribution in [1.29, 1.82) is 0 Å². The minimum absolute atomic E-state index is 0.0560. The molecular formula is C22H22BrN3O3. The van der Waals surface area contributed by atoms with E-state index in [1.54, 1.807) is 36.4 Å². The molecule has 1 atom stereocenters. The van der Waals surface area contributed by atoms with E-state index < -0.39 is 0 Å². The first-order chi connectivity index (χ1) is 13.9. The predicted molar refractivity (Wildman–Crippen MR) is 116 cm³/mol. The van der Waals surface area contributed by atoms with E-state index in [-0.39, 0.29) is 23.6 Å². The van der Waals surface area contributed by atoms with Crippen molar-refractivity contribution in [3.8, 4) is 0 Å². The molecule has 2 aromatic carbocycles. The van der Waals surface area contributed by atoms with Crippen LogP contribution < -0.4 is 10.6 Å². The molecule has 0 saturated heterocycles. The number of rotatable bonds is 7. The Morgan fingerprint density at radius 3 is 2.41 bits per heavy atom. The van der Waals surface area contributed by atoms with E-state index in [9.17, 15) is 9.59 Å². The molecule has 2 N–H and O–H groups in total. The number of nitrogens with one attached hydrogen (secondary N) is 2. The van der Waals surface area contributed by atoms with Crippen molar-refractivity contribution in [2.45, 2.75) is 6.04 Å². The number of hydrogen-bond donors (Lipinski definition) is 2. The largest absolute Gasteiger partial charge is 0.444 e. The number of amides is 2. The van der Waals surface area contributed by atoms with Gasteiger partial charge in [-0.1, -0.05) is 36.4 Å². The topological polar surface area (TPSA) is 74.6 Å². The van der Waals surface area contributed by atoms with Gasteiger partial charge in [-0.3, -0.25) is 9.59 Å². The zero-order valence-electron chi connectivity index (χ0n) is 16.2. The second-order valence-corrected chi connectivity index (χ2v) is 7.52. The molecule has 7 heteroatoms. The third kappa shape index (κ3) is 5.56. The molecule has 1 unspecified atom stereocenters. The second-order valence-electron chi connectivity index (χ2n) is 6.74. The summed E-state index contributed by atoms with van der Waals surface area (Å²) in [5, 5.41) is 5.71. The van der Waals surface area contributed by atoms with Gasteiger partial charge in [0, 0.05) is 17.8 Å². The summed E-state index contributed by atoms with van der Waals surface area (Å²) in [6.45, 7) is 0.465. The van der Waals surface area contributed by atoms with Gasteiger partial charge < -0.3 is 20.0 Å². The maximum absolute atomic E-state index is 12.6. The second kappa shape index (κ2) is 9.54. The molecule has 2 amide bonds. The Morgan fingerprint density at radius 2 is 1.76 bits per heavy atom. The molecule has 0 aliphatic rings. The Bertz CT molecular complexity index is 986. The summed E-state index contributed by atoms with van der Waals surface area (Å²) in [6.07, 6.45) is 0. The highest BCUT2D eigenvalue weighted by Gasteiger charge is 2.16. The highest BCUT2D eigenvalue weighted by atomic mass is 79.9. The average molecular weight is 456 g/mol. The van der Waals surface area contributed by atoms with Crippen LogP contribution in [0.1, 0.15) is 32.5 Å². The summed E-state index contributed by atoms with van der Waals surface area (Å²) in [4.78, 5) is 26.9. The van der Waals surface area contributed by atoms with Gasteiger partial charge in [0.1, 0.15) is 0 Å². The summed E-state index contributed by atoms with van der Waals surface area (Å²) < 4.78 is 5.72. The Morgan fingerprint density at radius 1 is 1.00 bits per heavy atom. The average Bonchev–Trinajstić information content (AvgIpc) is 3.15. The maximum atomic E-state index is 12.6. The zero-order chi connectivity index (χ0) is 20.8. The van der Waals surface area contributed by atoms with Crippen molar-refractivity contribution in [2.75, 3.05) is 26.0 Å². The Labute approximate surface area is 178 Å². The summed E-state index contributed by atoms with van der Waals surface area (Å²) in [7, 11) is 3.96. The van der Waals surface area contributed by atoms with Crippen LogP contribution in [0, 0.1) is 0 Å². The molecule has 29 heavy (non-hydrogen) atoms. The fraction of sp³-hybridized carbons (Fsp3) is 0.182. The van der Waals surface area contributed by atoms with Gasteiger partial charge in [-0.15, -0.1) is 0 Å². The van der Waals surface area contributed by atoms with Crippen molar-refractivity contribution in [1.82, 2.24) is 10.2 Å². The Hall–Kier alpha value is -2.90. The van der Waals surface area contributed by atoms with Gasteiger partial charge in [0.05, 0.1) is 6.04 Å². The van der Waals surface area contributed by atoms with Crippen molar-refractivity contribution in [3.63, 3.8) is 0 Å². The van der Waals surface area contributed by atoms with E-state index in [1.165, 1.54) is 0 Å². The van der Waals surface area contributed by atoms with E-state index in [0.717, 1.165) is 5.56 Å². The van der Waals surface area contributed by atoms with Gasteiger partial charge in [0.15, 0.2) is 10.4 Å². The first-order valence-corrected chi connectivity index (χ1v) is 9.89. The van der Waals surface area contributed by atoms with Crippen molar-refractivity contribution >= 4 is 33.4 Å². The van der Waals surface area contributed by atoms with Crippen molar-refractivity contribution < 1.29 is 14.0 Å². The molecule has 6 nitrogen and oxygen atoms in total. The fourth-order valence-corrected chi connectivity index (χ4v) is 3.24. The highest BCUT2D eigenvalue weighted by Crippen LogP contribution is 2.18. The highest BCUT2D eigenvalue weighted by molar-refractivity contribution is 9.10.